The minimum Gasteiger partial charge on any atom is -0.389 e. The summed E-state index contributed by atoms with van der Waals surface area (Å²) in [5.74, 6) is -0.188. The fraction of sp³-hybridized carbons (Fsp3) is 0.417. The number of benzene rings is 1. The van der Waals surface area contributed by atoms with E-state index in [4.69, 9.17) is 18.0 Å². The standard InChI is InChI=1S/C12H15FN2S/c1-15(10-3-4-10)7-9-6-8(12(14)16)2-5-11(9)13/h2,5-6,10H,3-4,7H2,1H3,(H2,14,16). The normalized spacial score (nSPS) is 15.4. The van der Waals surface area contributed by atoms with E-state index >= 15 is 0 Å². The quantitative estimate of drug-likeness (QED) is 0.814. The molecule has 0 atom stereocenters. The summed E-state index contributed by atoms with van der Waals surface area (Å²) >= 11 is 4.88. The average Bonchev–Trinajstić information content (AvgIpc) is 3.04. The van der Waals surface area contributed by atoms with Crippen LogP contribution in [-0.4, -0.2) is 23.0 Å². The molecule has 2 rings (SSSR count). The van der Waals surface area contributed by atoms with Crippen molar-refractivity contribution in [3.05, 3.63) is 35.1 Å². The van der Waals surface area contributed by atoms with Crippen LogP contribution in [0, 0.1) is 5.82 Å². The lowest BCUT2D eigenvalue weighted by Crippen LogP contribution is -2.21. The second-order valence-corrected chi connectivity index (χ2v) is 4.76. The Hall–Kier alpha value is -1.00. The number of halogens is 1. The number of hydrogen-bond acceptors (Lipinski definition) is 2. The Morgan fingerprint density at radius 3 is 2.81 bits per heavy atom. The van der Waals surface area contributed by atoms with E-state index in [1.807, 2.05) is 7.05 Å². The Kier molecular flexibility index (Phi) is 3.21. The fourth-order valence-corrected chi connectivity index (χ4v) is 1.89. The molecule has 0 aliphatic heterocycles. The van der Waals surface area contributed by atoms with Gasteiger partial charge in [-0.05, 0) is 38.1 Å². The average molecular weight is 238 g/mol. The van der Waals surface area contributed by atoms with Crippen LogP contribution in [0.4, 0.5) is 4.39 Å². The van der Waals surface area contributed by atoms with Crippen molar-refractivity contribution in [1.29, 1.82) is 0 Å². The van der Waals surface area contributed by atoms with Gasteiger partial charge in [-0.25, -0.2) is 4.39 Å². The molecule has 0 saturated heterocycles. The van der Waals surface area contributed by atoms with Gasteiger partial charge >= 0.3 is 0 Å². The van der Waals surface area contributed by atoms with E-state index in [-0.39, 0.29) is 5.82 Å². The van der Waals surface area contributed by atoms with Crippen molar-refractivity contribution in [3.8, 4) is 0 Å². The molecule has 1 aliphatic rings. The van der Waals surface area contributed by atoms with E-state index in [0.29, 0.717) is 23.1 Å². The second kappa shape index (κ2) is 4.47. The van der Waals surface area contributed by atoms with Crippen molar-refractivity contribution >= 4 is 17.2 Å². The van der Waals surface area contributed by atoms with Crippen LogP contribution in [0.5, 0.6) is 0 Å². The molecular weight excluding hydrogens is 223 g/mol. The zero-order valence-corrected chi connectivity index (χ0v) is 10.1. The molecule has 2 nitrogen and oxygen atoms in total. The predicted molar refractivity (Wildman–Crippen MR) is 66.8 cm³/mol. The van der Waals surface area contributed by atoms with Crippen molar-refractivity contribution in [2.75, 3.05) is 7.05 Å². The topological polar surface area (TPSA) is 29.3 Å². The van der Waals surface area contributed by atoms with Crippen LogP contribution in [0.1, 0.15) is 24.0 Å². The first-order valence-corrected chi connectivity index (χ1v) is 5.77. The highest BCUT2D eigenvalue weighted by Crippen LogP contribution is 2.27. The van der Waals surface area contributed by atoms with Crippen LogP contribution in [0.3, 0.4) is 0 Å². The van der Waals surface area contributed by atoms with Crippen LogP contribution in [0.2, 0.25) is 0 Å². The monoisotopic (exact) mass is 238 g/mol. The second-order valence-electron chi connectivity index (χ2n) is 4.32. The predicted octanol–water partition coefficient (Wildman–Crippen LogP) is 2.05. The van der Waals surface area contributed by atoms with E-state index in [1.54, 1.807) is 12.1 Å². The lowest BCUT2D eigenvalue weighted by molar-refractivity contribution is 0.311. The third-order valence-electron chi connectivity index (χ3n) is 2.92. The van der Waals surface area contributed by atoms with Crippen LogP contribution in [0.15, 0.2) is 18.2 Å². The molecule has 16 heavy (non-hydrogen) atoms. The molecule has 86 valence electrons. The maximum absolute atomic E-state index is 13.6. The smallest absolute Gasteiger partial charge is 0.127 e. The van der Waals surface area contributed by atoms with Gasteiger partial charge in [-0.2, -0.15) is 0 Å². The molecule has 1 saturated carbocycles. The van der Waals surface area contributed by atoms with E-state index in [1.165, 1.54) is 18.9 Å². The Morgan fingerprint density at radius 1 is 1.56 bits per heavy atom. The van der Waals surface area contributed by atoms with E-state index in [0.717, 1.165) is 5.56 Å². The molecule has 0 amide bonds. The molecule has 1 aliphatic carbocycles. The Labute approximate surface area is 100 Å². The van der Waals surface area contributed by atoms with Crippen LogP contribution in [-0.2, 0) is 6.54 Å². The van der Waals surface area contributed by atoms with E-state index in [9.17, 15) is 4.39 Å². The molecule has 1 fully saturated rings. The van der Waals surface area contributed by atoms with Crippen molar-refractivity contribution in [3.63, 3.8) is 0 Å². The summed E-state index contributed by atoms with van der Waals surface area (Å²) in [6, 6.07) is 5.42. The largest absolute Gasteiger partial charge is 0.389 e. The summed E-state index contributed by atoms with van der Waals surface area (Å²) in [5, 5.41) is 0. The number of nitrogens with two attached hydrogens (primary N) is 1. The molecule has 0 heterocycles. The fourth-order valence-electron chi connectivity index (χ4n) is 1.76. The minimum atomic E-state index is -0.188. The van der Waals surface area contributed by atoms with Crippen molar-refractivity contribution < 1.29 is 4.39 Å². The molecule has 0 unspecified atom stereocenters. The van der Waals surface area contributed by atoms with Gasteiger partial charge < -0.3 is 5.73 Å². The van der Waals surface area contributed by atoms with Gasteiger partial charge in [0, 0.05) is 23.7 Å². The van der Waals surface area contributed by atoms with Crippen LogP contribution >= 0.6 is 12.2 Å². The molecule has 4 heteroatoms. The third kappa shape index (κ3) is 2.57. The minimum absolute atomic E-state index is 0.188. The Morgan fingerprint density at radius 2 is 2.25 bits per heavy atom. The summed E-state index contributed by atoms with van der Waals surface area (Å²) in [4.78, 5) is 2.48. The number of rotatable bonds is 4. The molecule has 1 aromatic rings. The number of thiocarbonyl (C=S) groups is 1. The van der Waals surface area contributed by atoms with Crippen molar-refractivity contribution in [1.82, 2.24) is 4.90 Å². The number of hydrogen-bond donors (Lipinski definition) is 1. The van der Waals surface area contributed by atoms with E-state index in [2.05, 4.69) is 4.90 Å². The SMILES string of the molecule is CN(Cc1cc(C(N)=S)ccc1F)C1CC1. The first-order chi connectivity index (χ1) is 7.58. The molecule has 1 aromatic carbocycles. The number of nitrogens with zero attached hydrogens (tertiary/aromatic N) is 1. The van der Waals surface area contributed by atoms with Crippen molar-refractivity contribution in [2.24, 2.45) is 5.73 Å². The van der Waals surface area contributed by atoms with Gasteiger partial charge in [-0.15, -0.1) is 0 Å². The van der Waals surface area contributed by atoms with Gasteiger partial charge in [0.2, 0.25) is 0 Å². The maximum Gasteiger partial charge on any atom is 0.127 e. The molecule has 0 radical (unpaired) electrons. The summed E-state index contributed by atoms with van der Waals surface area (Å²) in [7, 11) is 2.02. The van der Waals surface area contributed by atoms with Gasteiger partial charge in [-0.3, -0.25) is 4.90 Å². The Balaban J connectivity index is 2.17. The molecule has 0 bridgehead atoms. The van der Waals surface area contributed by atoms with Gasteiger partial charge in [0.25, 0.3) is 0 Å². The highest BCUT2D eigenvalue weighted by molar-refractivity contribution is 7.80. The highest BCUT2D eigenvalue weighted by atomic mass is 32.1. The maximum atomic E-state index is 13.6. The molecule has 0 spiro atoms. The molecular formula is C12H15FN2S. The third-order valence-corrected chi connectivity index (χ3v) is 3.16. The Bertz CT molecular complexity index is 415. The lowest BCUT2D eigenvalue weighted by atomic mass is 10.1. The van der Waals surface area contributed by atoms with Crippen molar-refractivity contribution in [2.45, 2.75) is 25.4 Å². The van der Waals surface area contributed by atoms with E-state index < -0.39 is 0 Å². The first-order valence-electron chi connectivity index (χ1n) is 5.36. The van der Waals surface area contributed by atoms with Gasteiger partial charge in [0.05, 0.1) is 0 Å². The summed E-state index contributed by atoms with van der Waals surface area (Å²) in [5.41, 5.74) is 6.93. The zero-order chi connectivity index (χ0) is 11.7. The molecule has 0 aromatic heterocycles. The van der Waals surface area contributed by atoms with Crippen LogP contribution in [0.25, 0.3) is 0 Å². The van der Waals surface area contributed by atoms with Gasteiger partial charge in [-0.1, -0.05) is 12.2 Å². The van der Waals surface area contributed by atoms with Gasteiger partial charge in [0.1, 0.15) is 10.8 Å². The summed E-state index contributed by atoms with van der Waals surface area (Å²) in [6.07, 6.45) is 2.43. The summed E-state index contributed by atoms with van der Waals surface area (Å²) in [6.45, 7) is 0.618. The first kappa shape index (κ1) is 11.5. The summed E-state index contributed by atoms with van der Waals surface area (Å²) < 4.78 is 13.6. The van der Waals surface area contributed by atoms with Crippen LogP contribution < -0.4 is 5.73 Å². The molecule has 2 N–H and O–H groups in total. The van der Waals surface area contributed by atoms with Gasteiger partial charge in [0.15, 0.2) is 0 Å². The zero-order valence-electron chi connectivity index (χ0n) is 9.24. The highest BCUT2D eigenvalue weighted by Gasteiger charge is 2.26. The lowest BCUT2D eigenvalue weighted by Gasteiger charge is -2.16.